The van der Waals surface area contributed by atoms with Gasteiger partial charge in [-0.3, -0.25) is 9.59 Å². The summed E-state index contributed by atoms with van der Waals surface area (Å²) in [5, 5.41) is 0. The largest absolute Gasteiger partial charge is 0.289 e. The van der Waals surface area contributed by atoms with E-state index in [2.05, 4.69) is 0 Å². The van der Waals surface area contributed by atoms with Gasteiger partial charge in [0.2, 0.25) is 0 Å². The van der Waals surface area contributed by atoms with Crippen LogP contribution in [0.1, 0.15) is 22.3 Å². The summed E-state index contributed by atoms with van der Waals surface area (Å²) in [4.78, 5) is 25.8. The number of rotatable bonds is 5. The first-order valence-electron chi connectivity index (χ1n) is 8.13. The Labute approximate surface area is 156 Å². The van der Waals surface area contributed by atoms with Crippen LogP contribution in [-0.4, -0.2) is 23.1 Å². The smallest absolute Gasteiger partial charge is 0.198 e. The monoisotopic (exact) mass is 366 g/mol. The fourth-order valence-electron chi connectivity index (χ4n) is 2.43. The molecule has 0 atom stereocenters. The Bertz CT molecular complexity index is 800. The quantitative estimate of drug-likeness (QED) is 0.314. The second-order valence-corrected chi connectivity index (χ2v) is 7.99. The highest BCUT2D eigenvalue weighted by molar-refractivity contribution is 8.22. The lowest BCUT2D eigenvalue weighted by atomic mass is 10.0. The molecule has 0 bridgehead atoms. The van der Waals surface area contributed by atoms with Crippen molar-refractivity contribution in [2.45, 2.75) is 6.42 Å². The van der Waals surface area contributed by atoms with Gasteiger partial charge in [-0.05, 0) is 29.6 Å². The fourth-order valence-corrected chi connectivity index (χ4v) is 5.07. The molecule has 4 heteroatoms. The van der Waals surface area contributed by atoms with Crippen molar-refractivity contribution in [1.82, 2.24) is 0 Å². The third-order valence-electron chi connectivity index (χ3n) is 3.70. The first-order valence-corrected chi connectivity index (χ1v) is 10.1. The molecule has 25 heavy (non-hydrogen) atoms. The first kappa shape index (κ1) is 17.8. The summed E-state index contributed by atoms with van der Waals surface area (Å²) in [5.74, 6) is 1.47. The molecule has 0 radical (unpaired) electrons. The van der Waals surface area contributed by atoms with E-state index in [1.807, 2.05) is 48.5 Å². The molecule has 0 saturated carbocycles. The van der Waals surface area contributed by atoms with Crippen molar-refractivity contribution in [3.63, 3.8) is 0 Å². The van der Waals surface area contributed by atoms with Crippen LogP contribution < -0.4 is 0 Å². The van der Waals surface area contributed by atoms with Crippen molar-refractivity contribution in [1.29, 1.82) is 0 Å². The lowest BCUT2D eigenvalue weighted by Gasteiger charge is -2.16. The number of ketones is 2. The van der Waals surface area contributed by atoms with E-state index in [9.17, 15) is 9.59 Å². The number of allylic oxidation sites excluding steroid dienone is 2. The Kier molecular flexibility index (Phi) is 6.31. The van der Waals surface area contributed by atoms with Gasteiger partial charge in [0.05, 0.1) is 9.81 Å². The van der Waals surface area contributed by atoms with E-state index in [1.54, 1.807) is 41.7 Å². The molecule has 0 amide bonds. The van der Waals surface area contributed by atoms with Crippen LogP contribution >= 0.6 is 23.5 Å². The molecule has 1 aliphatic heterocycles. The highest BCUT2D eigenvalue weighted by atomic mass is 32.2. The van der Waals surface area contributed by atoms with Gasteiger partial charge in [0.25, 0.3) is 0 Å². The molecule has 2 nitrogen and oxygen atoms in total. The number of thioether (sulfide) groups is 2. The molecule has 0 unspecified atom stereocenters. The van der Waals surface area contributed by atoms with Gasteiger partial charge in [0.15, 0.2) is 11.6 Å². The number of hydrogen-bond donors (Lipinski definition) is 0. The number of carbonyl (C=O) groups excluding carboxylic acids is 2. The maximum atomic E-state index is 13.0. The summed E-state index contributed by atoms with van der Waals surface area (Å²) < 4.78 is 0.850. The van der Waals surface area contributed by atoms with Crippen molar-refractivity contribution in [3.8, 4) is 0 Å². The van der Waals surface area contributed by atoms with Crippen LogP contribution in [0.5, 0.6) is 0 Å². The van der Waals surface area contributed by atoms with Gasteiger partial charge >= 0.3 is 0 Å². The predicted octanol–water partition coefficient (Wildman–Crippen LogP) is 5.23. The molecule has 0 spiro atoms. The minimum Gasteiger partial charge on any atom is -0.289 e. The average Bonchev–Trinajstić information content (AvgIpc) is 2.69. The molecular weight excluding hydrogens is 348 g/mol. The standard InChI is InChI=1S/C21H18O2S2/c22-18(13-12-16-8-3-1-4-9-16)19(21-24-14-7-15-25-21)20(23)17-10-5-2-6-11-17/h1-6,8-13H,7,14-15H2/b13-12+. The van der Waals surface area contributed by atoms with Crippen molar-refractivity contribution in [2.75, 3.05) is 11.5 Å². The lowest BCUT2D eigenvalue weighted by molar-refractivity contribution is -0.111. The molecule has 1 aliphatic rings. The maximum Gasteiger partial charge on any atom is 0.198 e. The van der Waals surface area contributed by atoms with E-state index in [0.717, 1.165) is 27.7 Å². The zero-order valence-corrected chi connectivity index (χ0v) is 15.3. The molecule has 3 rings (SSSR count). The van der Waals surface area contributed by atoms with Gasteiger partial charge < -0.3 is 0 Å². The molecular formula is C21H18O2S2. The highest BCUT2D eigenvalue weighted by Gasteiger charge is 2.24. The summed E-state index contributed by atoms with van der Waals surface area (Å²) in [6.45, 7) is 0. The summed E-state index contributed by atoms with van der Waals surface area (Å²) in [7, 11) is 0. The Hall–Kier alpha value is -2.04. The summed E-state index contributed by atoms with van der Waals surface area (Å²) in [5.41, 5.74) is 1.79. The number of Topliss-reactive ketones (excluding diaryl/α,β-unsaturated/α-hetero) is 1. The summed E-state index contributed by atoms with van der Waals surface area (Å²) in [6.07, 6.45) is 4.37. The van der Waals surface area contributed by atoms with Gasteiger partial charge in [0.1, 0.15) is 0 Å². The molecule has 126 valence electrons. The minimum atomic E-state index is -0.227. The second kappa shape index (κ2) is 8.88. The Morgan fingerprint density at radius 1 is 0.840 bits per heavy atom. The zero-order valence-electron chi connectivity index (χ0n) is 13.7. The average molecular weight is 367 g/mol. The number of hydrogen-bond acceptors (Lipinski definition) is 4. The van der Waals surface area contributed by atoms with Crippen LogP contribution in [-0.2, 0) is 4.79 Å². The summed E-state index contributed by atoms with van der Waals surface area (Å²) in [6, 6.07) is 18.7. The van der Waals surface area contributed by atoms with Crippen LogP contribution in [0.15, 0.2) is 76.5 Å². The van der Waals surface area contributed by atoms with Gasteiger partial charge in [-0.1, -0.05) is 66.7 Å². The van der Waals surface area contributed by atoms with Gasteiger partial charge in [-0.15, -0.1) is 23.5 Å². The third-order valence-corrected chi connectivity index (χ3v) is 6.32. The van der Waals surface area contributed by atoms with E-state index in [1.165, 1.54) is 6.08 Å². The topological polar surface area (TPSA) is 34.1 Å². The Balaban J connectivity index is 1.92. The highest BCUT2D eigenvalue weighted by Crippen LogP contribution is 2.38. The number of carbonyl (C=O) groups is 2. The minimum absolute atomic E-state index is 0.194. The van der Waals surface area contributed by atoms with Crippen LogP contribution in [0.2, 0.25) is 0 Å². The molecule has 1 fully saturated rings. The van der Waals surface area contributed by atoms with Crippen LogP contribution in [0.3, 0.4) is 0 Å². The first-order chi connectivity index (χ1) is 12.3. The Morgan fingerprint density at radius 3 is 2.08 bits per heavy atom. The van der Waals surface area contributed by atoms with E-state index in [0.29, 0.717) is 11.1 Å². The van der Waals surface area contributed by atoms with Crippen LogP contribution in [0.4, 0.5) is 0 Å². The molecule has 0 N–H and O–H groups in total. The van der Waals surface area contributed by atoms with Gasteiger partial charge in [-0.2, -0.15) is 0 Å². The van der Waals surface area contributed by atoms with E-state index in [-0.39, 0.29) is 11.6 Å². The van der Waals surface area contributed by atoms with Gasteiger partial charge in [0, 0.05) is 5.56 Å². The molecule has 2 aromatic carbocycles. The normalized spacial score (nSPS) is 14.5. The second-order valence-electron chi connectivity index (χ2n) is 5.52. The molecule has 0 aliphatic carbocycles. The van der Waals surface area contributed by atoms with Crippen molar-refractivity contribution in [3.05, 3.63) is 87.7 Å². The van der Waals surface area contributed by atoms with Crippen molar-refractivity contribution < 1.29 is 9.59 Å². The maximum absolute atomic E-state index is 13.0. The molecule has 0 aromatic heterocycles. The third kappa shape index (κ3) is 4.74. The SMILES string of the molecule is O=C(/C=C/c1ccccc1)C(C(=O)c1ccccc1)=C1SCCCS1. The van der Waals surface area contributed by atoms with E-state index < -0.39 is 0 Å². The Morgan fingerprint density at radius 2 is 1.44 bits per heavy atom. The molecule has 1 saturated heterocycles. The predicted molar refractivity (Wildman–Crippen MR) is 108 cm³/mol. The van der Waals surface area contributed by atoms with Crippen molar-refractivity contribution >= 4 is 41.2 Å². The van der Waals surface area contributed by atoms with Crippen molar-refractivity contribution in [2.24, 2.45) is 0 Å². The number of benzene rings is 2. The van der Waals surface area contributed by atoms with E-state index >= 15 is 0 Å². The van der Waals surface area contributed by atoms with Gasteiger partial charge in [-0.25, -0.2) is 0 Å². The summed E-state index contributed by atoms with van der Waals surface area (Å²) >= 11 is 3.22. The lowest BCUT2D eigenvalue weighted by Crippen LogP contribution is -2.14. The molecule has 2 aromatic rings. The van der Waals surface area contributed by atoms with Crippen LogP contribution in [0.25, 0.3) is 6.08 Å². The molecule has 1 heterocycles. The van der Waals surface area contributed by atoms with Crippen LogP contribution in [0, 0.1) is 0 Å². The van der Waals surface area contributed by atoms with E-state index in [4.69, 9.17) is 0 Å². The fraction of sp³-hybridized carbons (Fsp3) is 0.143. The zero-order chi connectivity index (χ0) is 17.5.